The van der Waals surface area contributed by atoms with Gasteiger partial charge in [-0.05, 0) is 59.9 Å². The fourth-order valence-electron chi connectivity index (χ4n) is 4.16. The SMILES string of the molecule is O=C(Nc1ccn(CCc2ccncc2)n1)c1cccc(S(=O)(=O)N2CCc3ccccc3C2)c1. The molecular formula is C26H25N5O3S. The first-order valence-electron chi connectivity index (χ1n) is 11.4. The van der Waals surface area contributed by atoms with E-state index in [-0.39, 0.29) is 10.5 Å². The van der Waals surface area contributed by atoms with Gasteiger partial charge >= 0.3 is 0 Å². The van der Waals surface area contributed by atoms with Crippen LogP contribution in [-0.2, 0) is 36.0 Å². The van der Waals surface area contributed by atoms with Gasteiger partial charge in [-0.2, -0.15) is 9.40 Å². The zero-order chi connectivity index (χ0) is 24.3. The third-order valence-corrected chi connectivity index (χ3v) is 7.93. The Balaban J connectivity index is 1.26. The van der Waals surface area contributed by atoms with Gasteiger partial charge in [0.25, 0.3) is 5.91 Å². The van der Waals surface area contributed by atoms with Crippen LogP contribution in [0, 0.1) is 0 Å². The molecule has 5 rings (SSSR count). The maximum Gasteiger partial charge on any atom is 0.256 e. The maximum absolute atomic E-state index is 13.3. The number of pyridine rings is 1. The summed E-state index contributed by atoms with van der Waals surface area (Å²) in [5, 5.41) is 7.16. The molecule has 8 nitrogen and oxygen atoms in total. The van der Waals surface area contributed by atoms with Crippen LogP contribution in [-0.4, -0.2) is 39.9 Å². The van der Waals surface area contributed by atoms with E-state index < -0.39 is 15.9 Å². The molecule has 0 saturated heterocycles. The van der Waals surface area contributed by atoms with Crippen LogP contribution >= 0.6 is 0 Å². The molecule has 4 aromatic rings. The van der Waals surface area contributed by atoms with Gasteiger partial charge in [0.1, 0.15) is 0 Å². The van der Waals surface area contributed by atoms with Crippen LogP contribution in [0.25, 0.3) is 0 Å². The summed E-state index contributed by atoms with van der Waals surface area (Å²) in [5.74, 6) is -0.00366. The fraction of sp³-hybridized carbons (Fsp3) is 0.192. The van der Waals surface area contributed by atoms with Crippen LogP contribution in [0.3, 0.4) is 0 Å². The van der Waals surface area contributed by atoms with Crippen molar-refractivity contribution in [1.29, 1.82) is 0 Å². The Kier molecular flexibility index (Phi) is 6.43. The summed E-state index contributed by atoms with van der Waals surface area (Å²) >= 11 is 0. The number of sulfonamides is 1. The van der Waals surface area contributed by atoms with Gasteiger partial charge in [-0.1, -0.05) is 30.3 Å². The predicted molar refractivity (Wildman–Crippen MR) is 132 cm³/mol. The number of carbonyl (C=O) groups is 1. The Hall–Kier alpha value is -3.82. The molecule has 35 heavy (non-hydrogen) atoms. The maximum atomic E-state index is 13.3. The molecule has 1 aliphatic heterocycles. The van der Waals surface area contributed by atoms with Gasteiger partial charge in [-0.25, -0.2) is 8.42 Å². The topological polar surface area (TPSA) is 97.2 Å². The van der Waals surface area contributed by atoms with Gasteiger partial charge < -0.3 is 5.32 Å². The lowest BCUT2D eigenvalue weighted by atomic mass is 10.0. The number of benzene rings is 2. The average molecular weight is 488 g/mol. The van der Waals surface area contributed by atoms with Crippen molar-refractivity contribution >= 4 is 21.7 Å². The molecule has 1 N–H and O–H groups in total. The third kappa shape index (κ3) is 5.16. The van der Waals surface area contributed by atoms with Crippen LogP contribution in [0.4, 0.5) is 5.82 Å². The number of nitrogens with zero attached hydrogens (tertiary/aromatic N) is 4. The highest BCUT2D eigenvalue weighted by Crippen LogP contribution is 2.25. The Morgan fingerprint density at radius 1 is 0.971 bits per heavy atom. The van der Waals surface area contributed by atoms with Gasteiger partial charge in [0.05, 0.1) is 4.90 Å². The minimum atomic E-state index is -3.73. The summed E-state index contributed by atoms with van der Waals surface area (Å²) < 4.78 is 29.8. The number of hydrogen-bond donors (Lipinski definition) is 1. The van der Waals surface area contributed by atoms with E-state index in [1.165, 1.54) is 22.0 Å². The highest BCUT2D eigenvalue weighted by atomic mass is 32.2. The lowest BCUT2D eigenvalue weighted by Crippen LogP contribution is -2.36. The molecule has 0 aliphatic carbocycles. The number of carbonyl (C=O) groups excluding carboxylic acids is 1. The van der Waals surface area contributed by atoms with Crippen LogP contribution in [0.15, 0.2) is 90.2 Å². The fourth-order valence-corrected chi connectivity index (χ4v) is 5.62. The summed E-state index contributed by atoms with van der Waals surface area (Å²) in [6.07, 6.45) is 6.76. The molecule has 1 aliphatic rings. The Morgan fingerprint density at radius 2 is 1.77 bits per heavy atom. The van der Waals surface area contributed by atoms with E-state index >= 15 is 0 Å². The number of aromatic nitrogens is 3. The van der Waals surface area contributed by atoms with Crippen molar-refractivity contribution in [3.05, 3.63) is 108 Å². The standard InChI is InChI=1S/C26H25N5O3S/c32-26(28-25-12-16-30(29-25)15-10-20-8-13-27-14-9-20)22-6-3-7-24(18-22)35(33,34)31-17-11-21-4-1-2-5-23(21)19-31/h1-9,12-14,16,18H,10-11,15,17,19H2,(H,28,29,32). The van der Waals surface area contributed by atoms with Crippen LogP contribution < -0.4 is 5.32 Å². The van der Waals surface area contributed by atoms with Gasteiger partial charge in [0.15, 0.2) is 5.82 Å². The number of aryl methyl sites for hydroxylation is 2. The van der Waals surface area contributed by atoms with Crippen molar-refractivity contribution in [3.8, 4) is 0 Å². The number of hydrogen-bond acceptors (Lipinski definition) is 5. The van der Waals surface area contributed by atoms with E-state index in [0.29, 0.717) is 31.9 Å². The quantitative estimate of drug-likeness (QED) is 0.430. The molecule has 2 aromatic carbocycles. The normalized spacial score (nSPS) is 13.8. The van der Waals surface area contributed by atoms with E-state index in [4.69, 9.17) is 0 Å². The zero-order valence-electron chi connectivity index (χ0n) is 19.0. The number of amides is 1. The first-order chi connectivity index (χ1) is 17.0. The van der Waals surface area contributed by atoms with Gasteiger partial charge in [0.2, 0.25) is 10.0 Å². The molecular weight excluding hydrogens is 462 g/mol. The van der Waals surface area contributed by atoms with E-state index in [1.807, 2.05) is 36.4 Å². The first kappa shape index (κ1) is 22.9. The lowest BCUT2D eigenvalue weighted by Gasteiger charge is -2.28. The molecule has 2 aromatic heterocycles. The smallest absolute Gasteiger partial charge is 0.256 e. The molecule has 0 unspecified atom stereocenters. The summed E-state index contributed by atoms with van der Waals surface area (Å²) in [4.78, 5) is 17.0. The van der Waals surface area contributed by atoms with Crippen molar-refractivity contribution in [3.63, 3.8) is 0 Å². The van der Waals surface area contributed by atoms with Crippen molar-refractivity contribution in [2.24, 2.45) is 0 Å². The van der Waals surface area contributed by atoms with Crippen molar-refractivity contribution in [2.75, 3.05) is 11.9 Å². The number of anilines is 1. The number of rotatable bonds is 7. The molecule has 0 saturated carbocycles. The van der Waals surface area contributed by atoms with Crippen molar-refractivity contribution < 1.29 is 13.2 Å². The monoisotopic (exact) mass is 487 g/mol. The summed E-state index contributed by atoms with van der Waals surface area (Å²) in [5.41, 5.74) is 3.59. The second-order valence-electron chi connectivity index (χ2n) is 8.41. The minimum Gasteiger partial charge on any atom is -0.305 e. The molecule has 0 radical (unpaired) electrons. The molecule has 9 heteroatoms. The van der Waals surface area contributed by atoms with E-state index in [0.717, 1.165) is 17.5 Å². The molecule has 1 amide bonds. The van der Waals surface area contributed by atoms with E-state index in [1.54, 1.807) is 41.5 Å². The highest BCUT2D eigenvalue weighted by Gasteiger charge is 2.28. The summed E-state index contributed by atoms with van der Waals surface area (Å²) in [7, 11) is -3.73. The average Bonchev–Trinajstić information content (AvgIpc) is 3.35. The highest BCUT2D eigenvalue weighted by molar-refractivity contribution is 7.89. The molecule has 0 fully saturated rings. The summed E-state index contributed by atoms with van der Waals surface area (Å²) in [6, 6.07) is 19.6. The van der Waals surface area contributed by atoms with E-state index in [9.17, 15) is 13.2 Å². The second kappa shape index (κ2) is 9.81. The lowest BCUT2D eigenvalue weighted by molar-refractivity contribution is 0.102. The Labute approximate surface area is 204 Å². The predicted octanol–water partition coefficient (Wildman–Crippen LogP) is 3.52. The van der Waals surface area contributed by atoms with Crippen molar-refractivity contribution in [1.82, 2.24) is 19.1 Å². The van der Waals surface area contributed by atoms with Crippen LogP contribution in [0.5, 0.6) is 0 Å². The van der Waals surface area contributed by atoms with Gasteiger partial charge in [-0.3, -0.25) is 14.5 Å². The second-order valence-corrected chi connectivity index (χ2v) is 10.3. The molecule has 0 spiro atoms. The number of nitrogens with one attached hydrogen (secondary N) is 1. The number of fused-ring (bicyclic) bond motifs is 1. The minimum absolute atomic E-state index is 0.104. The largest absolute Gasteiger partial charge is 0.305 e. The zero-order valence-corrected chi connectivity index (χ0v) is 19.9. The van der Waals surface area contributed by atoms with Crippen LogP contribution in [0.2, 0.25) is 0 Å². The molecule has 0 atom stereocenters. The molecule has 0 bridgehead atoms. The molecule has 178 valence electrons. The van der Waals surface area contributed by atoms with Gasteiger partial charge in [0, 0.05) is 49.9 Å². The first-order valence-corrected chi connectivity index (χ1v) is 12.8. The van der Waals surface area contributed by atoms with Crippen LogP contribution in [0.1, 0.15) is 27.0 Å². The third-order valence-electron chi connectivity index (χ3n) is 6.09. The summed E-state index contributed by atoms with van der Waals surface area (Å²) in [6.45, 7) is 1.39. The molecule has 3 heterocycles. The Morgan fingerprint density at radius 3 is 2.60 bits per heavy atom. The van der Waals surface area contributed by atoms with Gasteiger partial charge in [-0.15, -0.1) is 0 Å². The van der Waals surface area contributed by atoms with Crippen molar-refractivity contribution in [2.45, 2.75) is 30.8 Å². The Bertz CT molecular complexity index is 1450. The van der Waals surface area contributed by atoms with E-state index in [2.05, 4.69) is 15.4 Å².